The van der Waals surface area contributed by atoms with Gasteiger partial charge in [0.05, 0.1) is 6.04 Å². The van der Waals surface area contributed by atoms with Gasteiger partial charge < -0.3 is 80.0 Å². The van der Waals surface area contributed by atoms with E-state index in [4.69, 9.17) is 5.73 Å². The number of aliphatic carboxylic acids is 1. The van der Waals surface area contributed by atoms with Crippen LogP contribution in [0, 0.1) is 82.9 Å². The topological polar surface area (TPSA) is 442 Å². The maximum atomic E-state index is 14.9. The van der Waals surface area contributed by atoms with E-state index in [-0.39, 0.29) is 11.8 Å². The van der Waals surface area contributed by atoms with E-state index in [1.165, 1.54) is 0 Å². The molecule has 0 aromatic carbocycles. The number of nitrogens with two attached hydrogens (primary N) is 1. The predicted molar refractivity (Wildman–Crippen MR) is 438 cm³/mol. The molecule has 0 radical (unpaired) electrons. The standard InChI is InChI=1S/C83H154N14O15/c1-29-43(16)57(85-70(98)56(84)42(14)15)71(99)86-58(44(17)30-2)72(100)87-59(45(18)31-3)73(101)88-60(46(19)32-4)74(102)89-61(47(20)33-5)75(103)90-62(48(21)34-6)76(104)91-63(49(22)35-7)77(105)92-64(50(23)36-8)78(106)93-65(51(24)37-9)79(107)94-66(52(25)38-10)80(108)95-67(53(26)39-11)81(109)96-68(54(27)40-12)82(110)97-69(83(111)112)55(28)41-13/h42-69H,29-41,84H2,1-28H3,(H,85,98)(H,86,99)(H,87,100)(H,88,101)(H,89,102)(H,90,103)(H,91,104)(H,92,105)(H,93,106)(H,94,107)(H,95,108)(H,96,109)(H,97,110)(H,111,112)/t43-,44-,45-,46-,47-,48-,49-,50-,51-,52-,53-,54-,55-,56-,57-,58-,59-,60-,61-,62-,63-,64-,65-,66-,67-,68-,69-/m0/s1. The molecule has 0 bridgehead atoms. The second kappa shape index (κ2) is 52.1. The largest absolute Gasteiger partial charge is 0.480 e. The van der Waals surface area contributed by atoms with Crippen molar-refractivity contribution in [3.63, 3.8) is 0 Å². The molecule has 16 N–H and O–H groups in total. The summed E-state index contributed by atoms with van der Waals surface area (Å²) in [5.74, 6) is -16.5. The first kappa shape index (κ1) is 105. The smallest absolute Gasteiger partial charge is 0.326 e. The lowest BCUT2D eigenvalue weighted by atomic mass is 9.91. The summed E-state index contributed by atoms with van der Waals surface area (Å²) in [6, 6.07) is -16.6. The van der Waals surface area contributed by atoms with E-state index in [1.807, 2.05) is 90.0 Å². The summed E-state index contributed by atoms with van der Waals surface area (Å²) in [5, 5.41) is 47.1. The van der Waals surface area contributed by atoms with Gasteiger partial charge in [-0.15, -0.1) is 0 Å². The van der Waals surface area contributed by atoms with Crippen LogP contribution < -0.4 is 74.9 Å². The minimum absolute atomic E-state index is 0.209. The van der Waals surface area contributed by atoms with E-state index in [0.717, 1.165) is 0 Å². The maximum absolute atomic E-state index is 14.9. The third-order valence-corrected chi connectivity index (χ3v) is 24.3. The maximum Gasteiger partial charge on any atom is 0.326 e. The van der Waals surface area contributed by atoms with Gasteiger partial charge in [-0.05, 0) is 82.9 Å². The van der Waals surface area contributed by atoms with E-state index in [2.05, 4.69) is 69.1 Å². The minimum Gasteiger partial charge on any atom is -0.480 e. The fourth-order valence-corrected chi connectivity index (χ4v) is 12.6. The average molecular weight is 1590 g/mol. The summed E-state index contributed by atoms with van der Waals surface area (Å²) in [5.41, 5.74) is 6.16. The minimum atomic E-state index is -1.27. The van der Waals surface area contributed by atoms with Gasteiger partial charge >= 0.3 is 5.97 Å². The molecule has 0 aromatic rings. The van der Waals surface area contributed by atoms with Crippen molar-refractivity contribution in [2.45, 2.75) is 362 Å². The van der Waals surface area contributed by atoms with Gasteiger partial charge in [-0.1, -0.05) is 277 Å². The number of amides is 13. The predicted octanol–water partition coefficient (Wildman–Crippen LogP) is 6.96. The van der Waals surface area contributed by atoms with Crippen LogP contribution in [-0.2, 0) is 67.1 Å². The molecular formula is C83H154N14O15. The molecule has 0 aliphatic heterocycles. The Morgan fingerprint density at radius 3 is 0.366 bits per heavy atom. The van der Waals surface area contributed by atoms with E-state index >= 15 is 0 Å². The molecule has 13 amide bonds. The van der Waals surface area contributed by atoms with Crippen molar-refractivity contribution in [3.05, 3.63) is 0 Å². The molecule has 0 fully saturated rings. The van der Waals surface area contributed by atoms with Crippen LogP contribution in [-0.4, -0.2) is 172 Å². The van der Waals surface area contributed by atoms with Gasteiger partial charge in [0.15, 0.2) is 0 Å². The van der Waals surface area contributed by atoms with Crippen molar-refractivity contribution in [2.75, 3.05) is 0 Å². The van der Waals surface area contributed by atoms with Crippen LogP contribution in [0.2, 0.25) is 0 Å². The summed E-state index contributed by atoms with van der Waals surface area (Å²) in [7, 11) is 0. The van der Waals surface area contributed by atoms with Crippen molar-refractivity contribution in [2.24, 2.45) is 88.6 Å². The van der Waals surface area contributed by atoms with Crippen molar-refractivity contribution >= 4 is 82.8 Å². The molecule has 0 rings (SSSR count). The van der Waals surface area contributed by atoms with Crippen LogP contribution in [0.4, 0.5) is 0 Å². The van der Waals surface area contributed by atoms with Crippen molar-refractivity contribution in [3.8, 4) is 0 Å². The van der Waals surface area contributed by atoms with Crippen molar-refractivity contribution < 1.29 is 72.2 Å². The van der Waals surface area contributed by atoms with Crippen LogP contribution in [0.15, 0.2) is 0 Å². The van der Waals surface area contributed by atoms with Crippen LogP contribution in [0.1, 0.15) is 277 Å². The SMILES string of the molecule is CC[C@H](C)[C@H](NC(=O)[C@@H](NC(=O)[C@@H](NC(=O)[C@@H](NC(=O)[C@@H](NC(=O)[C@@H](NC(=O)[C@@H](NC(=O)[C@@H](NC(=O)[C@@H](NC(=O)[C@@H](NC(=O)[C@@H](NC(=O)[C@@H](NC(=O)[C@@H](NC(=O)[C@@H](N)C(C)C)[C@@H](C)CC)[C@@H](C)CC)[C@@H](C)CC)[C@@H](C)CC)[C@@H](C)CC)[C@@H](C)CC)[C@@H](C)CC)[C@@H](C)CC)[C@@H](C)CC)[C@@H](C)CC)[C@@H](C)CC)[C@@H](C)CC)C(=O)O. The highest BCUT2D eigenvalue weighted by Crippen LogP contribution is 2.23. The Morgan fingerprint density at radius 1 is 0.188 bits per heavy atom. The summed E-state index contributed by atoms with van der Waals surface area (Å²) < 4.78 is 0. The lowest BCUT2D eigenvalue weighted by molar-refractivity contribution is -0.144. The Kier molecular flexibility index (Phi) is 48.6. The first-order chi connectivity index (χ1) is 52.3. The molecule has 0 heterocycles. The summed E-state index contributed by atoms with van der Waals surface area (Å²) in [6.07, 6.45) is 5.42. The molecular weight excluding hydrogens is 1430 g/mol. The van der Waals surface area contributed by atoms with E-state index in [9.17, 15) is 72.2 Å². The Hall–Kier alpha value is -7.46. The quantitative estimate of drug-likeness (QED) is 0.0293. The Labute approximate surface area is 671 Å². The second-order valence-corrected chi connectivity index (χ2v) is 32.9. The summed E-state index contributed by atoms with van der Waals surface area (Å²) >= 11 is 0. The zero-order valence-electron chi connectivity index (χ0n) is 73.6. The number of hydrogen-bond donors (Lipinski definition) is 15. The lowest BCUT2D eigenvalue weighted by Crippen LogP contribution is -2.64. The van der Waals surface area contributed by atoms with Gasteiger partial charge in [-0.2, -0.15) is 0 Å². The molecule has 0 saturated heterocycles. The molecule has 112 heavy (non-hydrogen) atoms. The number of carboxylic acid groups (broad SMARTS) is 1. The number of carboxylic acids is 1. The average Bonchev–Trinajstić information content (AvgIpc) is 0.841. The van der Waals surface area contributed by atoms with Crippen LogP contribution in [0.25, 0.3) is 0 Å². The molecule has 0 saturated carbocycles. The van der Waals surface area contributed by atoms with Gasteiger partial charge in [-0.3, -0.25) is 62.3 Å². The number of nitrogens with one attached hydrogen (secondary N) is 13. The highest BCUT2D eigenvalue weighted by atomic mass is 16.4. The van der Waals surface area contributed by atoms with Crippen LogP contribution in [0.3, 0.4) is 0 Å². The van der Waals surface area contributed by atoms with Gasteiger partial charge in [-0.25, -0.2) is 4.79 Å². The third kappa shape index (κ3) is 31.7. The zero-order valence-corrected chi connectivity index (χ0v) is 73.6. The van der Waals surface area contributed by atoms with Crippen molar-refractivity contribution in [1.82, 2.24) is 69.1 Å². The highest BCUT2D eigenvalue weighted by Gasteiger charge is 2.44. The lowest BCUT2D eigenvalue weighted by Gasteiger charge is -2.34. The highest BCUT2D eigenvalue weighted by molar-refractivity contribution is 6.00. The Morgan fingerprint density at radius 2 is 0.277 bits per heavy atom. The number of carbonyl (C=O) groups excluding carboxylic acids is 13. The molecule has 29 heteroatoms. The first-order valence-corrected chi connectivity index (χ1v) is 42.3. The monoisotopic (exact) mass is 1590 g/mol. The van der Waals surface area contributed by atoms with Gasteiger partial charge in [0.25, 0.3) is 0 Å². The fraction of sp³-hybridized carbons (Fsp3) is 0.831. The van der Waals surface area contributed by atoms with Crippen molar-refractivity contribution in [1.29, 1.82) is 0 Å². The van der Waals surface area contributed by atoms with Gasteiger partial charge in [0, 0.05) is 0 Å². The van der Waals surface area contributed by atoms with E-state index in [1.54, 1.807) is 104 Å². The molecule has 0 spiro atoms. The molecule has 0 aromatic heterocycles. The normalized spacial score (nSPS) is 18.9. The fourth-order valence-electron chi connectivity index (χ4n) is 12.6. The second-order valence-electron chi connectivity index (χ2n) is 32.9. The van der Waals surface area contributed by atoms with Gasteiger partial charge in [0.2, 0.25) is 76.8 Å². The zero-order chi connectivity index (χ0) is 86.6. The number of hydrogen-bond acceptors (Lipinski definition) is 15. The molecule has 27 atom stereocenters. The molecule has 0 aliphatic carbocycles. The molecule has 0 aliphatic rings. The molecule has 29 nitrogen and oxygen atoms in total. The summed E-state index contributed by atoms with van der Waals surface area (Å²) in [6.45, 7) is 50.3. The van der Waals surface area contributed by atoms with Crippen LogP contribution in [0.5, 0.6) is 0 Å². The molecule has 646 valence electrons. The third-order valence-electron chi connectivity index (χ3n) is 24.3. The van der Waals surface area contributed by atoms with Crippen LogP contribution >= 0.6 is 0 Å². The summed E-state index contributed by atoms with van der Waals surface area (Å²) in [4.78, 5) is 201. The van der Waals surface area contributed by atoms with E-state index in [0.29, 0.717) is 83.5 Å². The first-order valence-electron chi connectivity index (χ1n) is 42.3. The number of carbonyl (C=O) groups is 14. The number of rotatable bonds is 54. The molecule has 0 unspecified atom stereocenters. The van der Waals surface area contributed by atoms with E-state index < -0.39 is 238 Å². The Bertz CT molecular complexity index is 3000. The van der Waals surface area contributed by atoms with Gasteiger partial charge in [0.1, 0.15) is 78.5 Å². The Balaban J connectivity index is 7.28.